The average Bonchev–Trinajstić information content (AvgIpc) is 2.74. The molecule has 204 valence electrons. The minimum atomic E-state index is -0.516. The Morgan fingerprint density at radius 2 is 1.25 bits per heavy atom. The van der Waals surface area contributed by atoms with Crippen LogP contribution < -0.4 is 0 Å². The smallest absolute Gasteiger partial charge is 0.333 e. The Labute approximate surface area is 217 Å². The molecule has 2 heterocycles. The summed E-state index contributed by atoms with van der Waals surface area (Å²) in [6, 6.07) is 0. The highest BCUT2D eigenvalue weighted by Gasteiger charge is 2.66. The monoisotopic (exact) mass is 504 g/mol. The van der Waals surface area contributed by atoms with Gasteiger partial charge in [0.15, 0.2) is 0 Å². The molecular weight excluding hydrogens is 456 g/mol. The molecule has 0 aromatic rings. The maximum absolute atomic E-state index is 12.7. The number of esters is 1. The van der Waals surface area contributed by atoms with Crippen molar-refractivity contribution < 1.29 is 28.5 Å². The second kappa shape index (κ2) is 9.98. The van der Waals surface area contributed by atoms with Crippen LogP contribution >= 0.6 is 0 Å². The molecule has 4 saturated carbocycles. The summed E-state index contributed by atoms with van der Waals surface area (Å²) in [5.74, 6) is 0.171. The van der Waals surface area contributed by atoms with E-state index in [-0.39, 0.29) is 28.4 Å². The predicted molar refractivity (Wildman–Crippen MR) is 138 cm³/mol. The first-order valence-electron chi connectivity index (χ1n) is 14.6. The quantitative estimate of drug-likeness (QED) is 0.212. The minimum Gasteiger partial charge on any atom is -0.455 e. The molecule has 6 fully saturated rings. The number of carbonyl (C=O) groups excluding carboxylic acids is 1. The zero-order chi connectivity index (χ0) is 25.5. The fourth-order valence-corrected chi connectivity index (χ4v) is 8.53. The van der Waals surface area contributed by atoms with E-state index < -0.39 is 5.60 Å². The molecule has 6 rings (SSSR count). The Morgan fingerprint density at radius 1 is 0.806 bits per heavy atom. The van der Waals surface area contributed by atoms with Gasteiger partial charge in [0.2, 0.25) is 0 Å². The van der Waals surface area contributed by atoms with E-state index in [4.69, 9.17) is 23.7 Å². The van der Waals surface area contributed by atoms with Gasteiger partial charge in [-0.3, -0.25) is 0 Å². The van der Waals surface area contributed by atoms with Crippen molar-refractivity contribution in [2.24, 2.45) is 5.92 Å². The molecule has 6 aliphatic rings. The van der Waals surface area contributed by atoms with Crippen LogP contribution in [0.25, 0.3) is 0 Å². The summed E-state index contributed by atoms with van der Waals surface area (Å²) in [7, 11) is 0. The van der Waals surface area contributed by atoms with Gasteiger partial charge < -0.3 is 23.7 Å². The van der Waals surface area contributed by atoms with Crippen LogP contribution in [-0.2, 0) is 28.5 Å². The van der Waals surface area contributed by atoms with Crippen molar-refractivity contribution in [2.75, 3.05) is 26.4 Å². The predicted octanol–water partition coefficient (Wildman–Crippen LogP) is 6.05. The van der Waals surface area contributed by atoms with Gasteiger partial charge in [0.25, 0.3) is 0 Å². The first-order chi connectivity index (χ1) is 17.2. The highest BCUT2D eigenvalue weighted by Crippen LogP contribution is 2.63. The van der Waals surface area contributed by atoms with Crippen LogP contribution in [0.1, 0.15) is 111 Å². The molecule has 4 atom stereocenters. The van der Waals surface area contributed by atoms with E-state index >= 15 is 0 Å². The highest BCUT2D eigenvalue weighted by molar-refractivity contribution is 5.87. The van der Waals surface area contributed by atoms with E-state index in [0.29, 0.717) is 24.7 Å². The molecule has 4 aliphatic carbocycles. The second-order valence-electron chi connectivity index (χ2n) is 13.0. The molecule has 0 amide bonds. The third-order valence-electron chi connectivity index (χ3n) is 9.85. The van der Waals surface area contributed by atoms with Crippen LogP contribution in [-0.4, -0.2) is 60.4 Å². The number of hydrogen-bond acceptors (Lipinski definition) is 6. The van der Waals surface area contributed by atoms with Gasteiger partial charge >= 0.3 is 5.97 Å². The third kappa shape index (κ3) is 5.17. The lowest BCUT2D eigenvalue weighted by Gasteiger charge is -2.65. The summed E-state index contributed by atoms with van der Waals surface area (Å²) in [5, 5.41) is 0. The van der Waals surface area contributed by atoms with Crippen molar-refractivity contribution in [3.8, 4) is 0 Å². The Kier molecular flexibility index (Phi) is 7.39. The first-order valence-corrected chi connectivity index (χ1v) is 14.6. The molecule has 0 aromatic carbocycles. The summed E-state index contributed by atoms with van der Waals surface area (Å²) in [4.78, 5) is 12.7. The summed E-state index contributed by atoms with van der Waals surface area (Å²) in [6.07, 6.45) is 14.0. The lowest BCUT2D eigenvalue weighted by molar-refractivity contribution is -0.289. The summed E-state index contributed by atoms with van der Waals surface area (Å²) < 4.78 is 32.0. The maximum atomic E-state index is 12.7. The molecule has 4 bridgehead atoms. The largest absolute Gasteiger partial charge is 0.455 e. The first kappa shape index (κ1) is 26.6. The van der Waals surface area contributed by atoms with Crippen LogP contribution in [0.2, 0.25) is 0 Å². The zero-order valence-electron chi connectivity index (χ0n) is 23.0. The van der Waals surface area contributed by atoms with E-state index in [2.05, 4.69) is 20.4 Å². The molecule has 0 aromatic heterocycles. The van der Waals surface area contributed by atoms with Gasteiger partial charge in [-0.15, -0.1) is 0 Å². The molecule has 0 spiro atoms. The number of rotatable bonds is 14. The second-order valence-corrected chi connectivity index (χ2v) is 13.0. The van der Waals surface area contributed by atoms with E-state index in [9.17, 15) is 4.79 Å². The molecule has 36 heavy (non-hydrogen) atoms. The van der Waals surface area contributed by atoms with Crippen molar-refractivity contribution in [3.05, 3.63) is 12.2 Å². The van der Waals surface area contributed by atoms with E-state index in [0.717, 1.165) is 103 Å². The van der Waals surface area contributed by atoms with E-state index in [1.807, 2.05) is 0 Å². The molecule has 6 nitrogen and oxygen atoms in total. The standard InChI is InChI=1S/C30H48O6/c1-5-7-26(9-13-32-26)11-15-34-28-17-24-18-29(20-28,35-16-12-27(8-6-2)10-14-33-27)22-30(19-24,21-28)36-25(31)23(3)4/h24H,3,5-22H2,1-2,4H3. The van der Waals surface area contributed by atoms with Crippen LogP contribution in [0.4, 0.5) is 0 Å². The fourth-order valence-electron chi connectivity index (χ4n) is 8.53. The van der Waals surface area contributed by atoms with Crippen molar-refractivity contribution >= 4 is 5.97 Å². The van der Waals surface area contributed by atoms with E-state index in [1.54, 1.807) is 6.92 Å². The van der Waals surface area contributed by atoms with Crippen molar-refractivity contribution in [1.82, 2.24) is 0 Å². The molecule has 0 N–H and O–H groups in total. The van der Waals surface area contributed by atoms with Crippen molar-refractivity contribution in [1.29, 1.82) is 0 Å². The van der Waals surface area contributed by atoms with Crippen molar-refractivity contribution in [3.63, 3.8) is 0 Å². The molecule has 2 aliphatic heterocycles. The molecule has 4 unspecified atom stereocenters. The van der Waals surface area contributed by atoms with Gasteiger partial charge in [0, 0.05) is 24.8 Å². The Morgan fingerprint density at radius 3 is 1.64 bits per heavy atom. The summed E-state index contributed by atoms with van der Waals surface area (Å²) in [6.45, 7) is 13.2. The Hall–Kier alpha value is -0.950. The maximum Gasteiger partial charge on any atom is 0.333 e. The third-order valence-corrected chi connectivity index (χ3v) is 9.85. The SMILES string of the molecule is C=C(C)C(=O)OC12CC3CC(OCCC4(CCC)CCO4)(CC(OCCC4(CCC)CCO4)(C3)C1)C2. The normalized spacial score (nSPS) is 42.6. The van der Waals surface area contributed by atoms with E-state index in [1.165, 1.54) is 0 Å². The lowest BCUT2D eigenvalue weighted by Crippen LogP contribution is -2.68. The highest BCUT2D eigenvalue weighted by atomic mass is 16.6. The van der Waals surface area contributed by atoms with Gasteiger partial charge in [-0.25, -0.2) is 4.79 Å². The number of ether oxygens (including phenoxy) is 5. The van der Waals surface area contributed by atoms with Gasteiger partial charge in [0.1, 0.15) is 5.60 Å². The van der Waals surface area contributed by atoms with Gasteiger partial charge in [-0.1, -0.05) is 33.3 Å². The van der Waals surface area contributed by atoms with Gasteiger partial charge in [0.05, 0.1) is 48.8 Å². The van der Waals surface area contributed by atoms with Crippen LogP contribution in [0.15, 0.2) is 12.2 Å². The lowest BCUT2D eigenvalue weighted by atomic mass is 9.50. The molecular formula is C30H48O6. The minimum absolute atomic E-state index is 0.00566. The van der Waals surface area contributed by atoms with Crippen molar-refractivity contribution in [2.45, 2.75) is 139 Å². The zero-order valence-corrected chi connectivity index (χ0v) is 23.0. The van der Waals surface area contributed by atoms with Gasteiger partial charge in [-0.2, -0.15) is 0 Å². The van der Waals surface area contributed by atoms with Crippen LogP contribution in [0.3, 0.4) is 0 Å². The fraction of sp³-hybridized carbons (Fsp3) is 0.900. The topological polar surface area (TPSA) is 63.2 Å². The number of hydrogen-bond donors (Lipinski definition) is 0. The van der Waals surface area contributed by atoms with Gasteiger partial charge in [-0.05, 0) is 70.6 Å². The van der Waals surface area contributed by atoms with Crippen LogP contribution in [0.5, 0.6) is 0 Å². The Bertz CT molecular complexity index is 781. The Balaban J connectivity index is 1.30. The van der Waals surface area contributed by atoms with Crippen LogP contribution in [0, 0.1) is 5.92 Å². The average molecular weight is 505 g/mol. The molecule has 6 heteroatoms. The summed E-state index contributed by atoms with van der Waals surface area (Å²) >= 11 is 0. The molecule has 2 saturated heterocycles. The molecule has 0 radical (unpaired) electrons. The summed E-state index contributed by atoms with van der Waals surface area (Å²) in [5.41, 5.74) is -0.627. The number of carbonyl (C=O) groups is 1.